The zero-order chi connectivity index (χ0) is 19.4. The second-order valence-electron chi connectivity index (χ2n) is 7.45. The smallest absolute Gasteiger partial charge is 0.242 e. The largest absolute Gasteiger partial charge is 0.386 e. The van der Waals surface area contributed by atoms with Gasteiger partial charge in [-0.1, -0.05) is 25.3 Å². The number of rotatable bonds is 5. The lowest BCUT2D eigenvalue weighted by Gasteiger charge is -2.30. The number of benzene rings is 1. The number of carbonyl (C=O) groups is 2. The monoisotopic (exact) mass is 380 g/mol. The molecule has 27 heavy (non-hydrogen) atoms. The minimum absolute atomic E-state index is 0.00560. The molecule has 2 N–H and O–H groups in total. The van der Waals surface area contributed by atoms with Crippen LogP contribution in [0.1, 0.15) is 56.6 Å². The maximum Gasteiger partial charge on any atom is 0.242 e. The molecule has 1 aliphatic heterocycles. The van der Waals surface area contributed by atoms with Crippen molar-refractivity contribution in [2.45, 2.75) is 57.1 Å². The molecule has 148 valence electrons. The molecule has 0 bridgehead atoms. The molecule has 7 heteroatoms. The number of aliphatic hydroxyl groups is 1. The van der Waals surface area contributed by atoms with Gasteiger partial charge in [-0.05, 0) is 31.7 Å². The van der Waals surface area contributed by atoms with Crippen LogP contribution < -0.4 is 5.32 Å². The highest BCUT2D eigenvalue weighted by atomic mass is 19.1. The third-order valence-corrected chi connectivity index (χ3v) is 5.58. The minimum Gasteiger partial charge on any atom is -0.386 e. The number of amides is 2. The van der Waals surface area contributed by atoms with E-state index < -0.39 is 23.8 Å². The molecule has 1 aliphatic carbocycles. The predicted octanol–water partition coefficient (Wildman–Crippen LogP) is 2.69. The molecule has 0 aromatic heterocycles. The van der Waals surface area contributed by atoms with E-state index >= 15 is 0 Å². The number of nitrogens with one attached hydrogen (secondary N) is 1. The maximum absolute atomic E-state index is 13.7. The number of hydrogen-bond donors (Lipinski definition) is 2. The van der Waals surface area contributed by atoms with Gasteiger partial charge in [-0.3, -0.25) is 9.59 Å². The number of carbonyl (C=O) groups excluding carboxylic acids is 2. The number of halogens is 2. The zero-order valence-electron chi connectivity index (χ0n) is 15.3. The third-order valence-electron chi connectivity index (χ3n) is 5.58. The van der Waals surface area contributed by atoms with Gasteiger partial charge in [-0.25, -0.2) is 8.78 Å². The van der Waals surface area contributed by atoms with Crippen LogP contribution in [0.15, 0.2) is 18.2 Å². The Morgan fingerprint density at radius 1 is 1.15 bits per heavy atom. The van der Waals surface area contributed by atoms with Crippen molar-refractivity contribution in [2.75, 3.05) is 13.1 Å². The van der Waals surface area contributed by atoms with Gasteiger partial charge in [0, 0.05) is 30.6 Å². The average molecular weight is 380 g/mol. The van der Waals surface area contributed by atoms with E-state index in [9.17, 15) is 23.5 Å². The van der Waals surface area contributed by atoms with Gasteiger partial charge in [-0.15, -0.1) is 0 Å². The highest BCUT2D eigenvalue weighted by Gasteiger charge is 2.37. The highest BCUT2D eigenvalue weighted by molar-refractivity contribution is 5.89. The first-order chi connectivity index (χ1) is 13.0. The van der Waals surface area contributed by atoms with Crippen molar-refractivity contribution in [1.82, 2.24) is 10.2 Å². The molecule has 2 unspecified atom stereocenters. The molecule has 5 nitrogen and oxygen atoms in total. The summed E-state index contributed by atoms with van der Waals surface area (Å²) in [5.74, 6) is -1.86. The fraction of sp³-hybridized carbons (Fsp3) is 0.600. The average Bonchev–Trinajstić information content (AvgIpc) is 3.16. The lowest BCUT2D eigenvalue weighted by Crippen LogP contribution is -2.48. The molecule has 2 fully saturated rings. The van der Waals surface area contributed by atoms with E-state index in [2.05, 4.69) is 5.32 Å². The van der Waals surface area contributed by atoms with E-state index in [1.54, 1.807) is 4.90 Å². The van der Waals surface area contributed by atoms with E-state index in [1.165, 1.54) is 0 Å². The van der Waals surface area contributed by atoms with Crippen LogP contribution in [0.25, 0.3) is 0 Å². The molecule has 0 radical (unpaired) electrons. The van der Waals surface area contributed by atoms with Crippen molar-refractivity contribution in [1.29, 1.82) is 0 Å². The van der Waals surface area contributed by atoms with Gasteiger partial charge in [0.25, 0.3) is 0 Å². The van der Waals surface area contributed by atoms with Gasteiger partial charge in [0.1, 0.15) is 17.7 Å². The van der Waals surface area contributed by atoms with Gasteiger partial charge in [0.05, 0.1) is 6.10 Å². The summed E-state index contributed by atoms with van der Waals surface area (Å²) in [5.41, 5.74) is -0.0711. The standard InChI is InChI=1S/C20H26F2N2O3/c21-14-8-9-15(16(22)11-14)18(25)12-23-19(26)17-7-4-10-24(17)20(27)13-5-2-1-3-6-13/h8-9,11,13,17-18,25H,1-7,10,12H2,(H,23,26). The SMILES string of the molecule is O=C(NCC(O)c1ccc(F)cc1F)C1CCCN1C(=O)C1CCCCC1. The van der Waals surface area contributed by atoms with E-state index in [-0.39, 0.29) is 29.8 Å². The fourth-order valence-corrected chi connectivity index (χ4v) is 4.08. The van der Waals surface area contributed by atoms with Crippen LogP contribution in [-0.2, 0) is 9.59 Å². The van der Waals surface area contributed by atoms with Gasteiger partial charge < -0.3 is 15.3 Å². The molecule has 1 aromatic carbocycles. The van der Waals surface area contributed by atoms with Crippen LogP contribution in [0.2, 0.25) is 0 Å². The topological polar surface area (TPSA) is 69.6 Å². The van der Waals surface area contributed by atoms with Gasteiger partial charge in [0.15, 0.2) is 0 Å². The second-order valence-corrected chi connectivity index (χ2v) is 7.45. The predicted molar refractivity (Wildman–Crippen MR) is 95.6 cm³/mol. The van der Waals surface area contributed by atoms with E-state index in [1.807, 2.05) is 0 Å². The minimum atomic E-state index is -1.28. The summed E-state index contributed by atoms with van der Waals surface area (Å²) in [4.78, 5) is 27.0. The Morgan fingerprint density at radius 2 is 1.89 bits per heavy atom. The maximum atomic E-state index is 13.7. The van der Waals surface area contributed by atoms with Crippen molar-refractivity contribution in [2.24, 2.45) is 5.92 Å². The van der Waals surface area contributed by atoms with Crippen LogP contribution in [0, 0.1) is 17.6 Å². The molecule has 1 aromatic rings. The van der Waals surface area contributed by atoms with Gasteiger partial charge in [-0.2, -0.15) is 0 Å². The van der Waals surface area contributed by atoms with Crippen molar-refractivity contribution in [3.8, 4) is 0 Å². The fourth-order valence-electron chi connectivity index (χ4n) is 4.08. The summed E-state index contributed by atoms with van der Waals surface area (Å²) in [6.07, 6.45) is 5.10. The summed E-state index contributed by atoms with van der Waals surface area (Å²) in [6.45, 7) is 0.381. The van der Waals surface area contributed by atoms with Gasteiger partial charge in [0.2, 0.25) is 11.8 Å². The third kappa shape index (κ3) is 4.64. The molecule has 3 rings (SSSR count). The van der Waals surface area contributed by atoms with Crippen molar-refractivity contribution < 1.29 is 23.5 Å². The summed E-state index contributed by atoms with van der Waals surface area (Å²) in [5, 5.41) is 12.7. The Hall–Kier alpha value is -2.02. The van der Waals surface area contributed by atoms with E-state index in [0.29, 0.717) is 19.0 Å². The molecular weight excluding hydrogens is 354 g/mol. The normalized spacial score (nSPS) is 21.9. The van der Waals surface area contributed by atoms with Gasteiger partial charge >= 0.3 is 0 Å². The molecule has 0 spiro atoms. The summed E-state index contributed by atoms with van der Waals surface area (Å²) in [7, 11) is 0. The Labute approximate surface area is 157 Å². The van der Waals surface area contributed by atoms with Crippen LogP contribution in [0.3, 0.4) is 0 Å². The number of nitrogens with zero attached hydrogens (tertiary/aromatic N) is 1. The Morgan fingerprint density at radius 3 is 2.59 bits per heavy atom. The lowest BCUT2D eigenvalue weighted by molar-refractivity contribution is -0.142. The number of hydrogen-bond acceptors (Lipinski definition) is 3. The molecule has 2 aliphatic rings. The summed E-state index contributed by atoms with van der Waals surface area (Å²) >= 11 is 0. The first-order valence-electron chi connectivity index (χ1n) is 9.68. The Balaban J connectivity index is 1.57. The first kappa shape index (κ1) is 19.7. The number of likely N-dealkylation sites (tertiary alicyclic amines) is 1. The highest BCUT2D eigenvalue weighted by Crippen LogP contribution is 2.29. The first-order valence-corrected chi connectivity index (χ1v) is 9.68. The van der Waals surface area contributed by atoms with Crippen molar-refractivity contribution >= 4 is 11.8 Å². The molecule has 1 saturated carbocycles. The van der Waals surface area contributed by atoms with Crippen molar-refractivity contribution in [3.63, 3.8) is 0 Å². The Kier molecular flexibility index (Phi) is 6.42. The Bertz CT molecular complexity index is 692. The van der Waals surface area contributed by atoms with E-state index in [0.717, 1.165) is 50.7 Å². The number of aliphatic hydroxyl groups excluding tert-OH is 1. The lowest BCUT2D eigenvalue weighted by atomic mass is 9.88. The molecular formula is C20H26F2N2O3. The molecule has 2 atom stereocenters. The van der Waals surface area contributed by atoms with Crippen LogP contribution >= 0.6 is 0 Å². The van der Waals surface area contributed by atoms with Crippen LogP contribution in [0.5, 0.6) is 0 Å². The molecule has 1 heterocycles. The van der Waals surface area contributed by atoms with Crippen molar-refractivity contribution in [3.05, 3.63) is 35.4 Å². The zero-order valence-corrected chi connectivity index (χ0v) is 15.3. The molecule has 2 amide bonds. The summed E-state index contributed by atoms with van der Waals surface area (Å²) in [6, 6.07) is 2.38. The second kappa shape index (κ2) is 8.78. The quantitative estimate of drug-likeness (QED) is 0.825. The summed E-state index contributed by atoms with van der Waals surface area (Å²) < 4.78 is 26.7. The van der Waals surface area contributed by atoms with Crippen LogP contribution in [0.4, 0.5) is 8.78 Å². The van der Waals surface area contributed by atoms with E-state index in [4.69, 9.17) is 0 Å². The molecule has 1 saturated heterocycles. The van der Waals surface area contributed by atoms with Crippen LogP contribution in [-0.4, -0.2) is 41.0 Å².